The average molecular weight is 457 g/mol. The van der Waals surface area contributed by atoms with Gasteiger partial charge in [0.05, 0.1) is 21.5 Å². The molecule has 0 saturated carbocycles. The lowest BCUT2D eigenvalue weighted by Crippen LogP contribution is -2.35. The zero-order valence-electron chi connectivity index (χ0n) is 19.0. The Morgan fingerprint density at radius 1 is 1.09 bits per heavy atom. The number of fused-ring (bicyclic) bond motifs is 1. The van der Waals surface area contributed by atoms with Crippen molar-refractivity contribution in [2.75, 3.05) is 18.0 Å². The van der Waals surface area contributed by atoms with Crippen LogP contribution in [0.2, 0.25) is 0 Å². The van der Waals surface area contributed by atoms with E-state index in [0.29, 0.717) is 23.7 Å². The Morgan fingerprint density at radius 3 is 2.41 bits per heavy atom. The fourth-order valence-electron chi connectivity index (χ4n) is 4.69. The quantitative estimate of drug-likeness (QED) is 0.563. The van der Waals surface area contributed by atoms with E-state index in [4.69, 9.17) is 0 Å². The second-order valence-electron chi connectivity index (χ2n) is 8.95. The number of halogens is 1. The summed E-state index contributed by atoms with van der Waals surface area (Å²) in [6.07, 6.45) is 3.51. The van der Waals surface area contributed by atoms with Crippen LogP contribution in [0.25, 0.3) is 10.9 Å². The van der Waals surface area contributed by atoms with E-state index in [-0.39, 0.29) is 15.2 Å². The molecule has 3 aromatic rings. The first-order chi connectivity index (χ1) is 15.1. The number of rotatable bonds is 4. The number of hydrogen-bond donors (Lipinski definition) is 0. The Morgan fingerprint density at radius 2 is 1.78 bits per heavy atom. The maximum absolute atomic E-state index is 15.2. The number of hydrogen-bond acceptors (Lipinski definition) is 4. The summed E-state index contributed by atoms with van der Waals surface area (Å²) in [5.74, 6) is -0.0233. The third kappa shape index (κ3) is 3.94. The summed E-state index contributed by atoms with van der Waals surface area (Å²) >= 11 is 0. The van der Waals surface area contributed by atoms with Crippen molar-refractivity contribution in [3.05, 3.63) is 63.7 Å². The summed E-state index contributed by atoms with van der Waals surface area (Å²) in [6, 6.07) is 7.90. The third-order valence-electron chi connectivity index (χ3n) is 6.25. The van der Waals surface area contributed by atoms with Crippen LogP contribution in [0.3, 0.4) is 0 Å². The molecule has 1 aliphatic heterocycles. The van der Waals surface area contributed by atoms with Crippen LogP contribution in [0.5, 0.6) is 0 Å². The van der Waals surface area contributed by atoms with Gasteiger partial charge in [-0.3, -0.25) is 4.79 Å². The van der Waals surface area contributed by atoms with E-state index in [0.717, 1.165) is 37.1 Å². The van der Waals surface area contributed by atoms with Crippen LogP contribution in [0, 0.1) is 25.6 Å². The van der Waals surface area contributed by atoms with Gasteiger partial charge in [-0.15, -0.1) is 0 Å². The molecule has 0 radical (unpaired) electrons. The maximum atomic E-state index is 15.2. The zero-order chi connectivity index (χ0) is 23.2. The highest BCUT2D eigenvalue weighted by atomic mass is 32.2. The van der Waals surface area contributed by atoms with Crippen LogP contribution in [-0.2, 0) is 16.4 Å². The van der Waals surface area contributed by atoms with Crippen LogP contribution in [0.4, 0.5) is 10.1 Å². The Hall–Kier alpha value is -2.67. The van der Waals surface area contributed by atoms with Gasteiger partial charge >= 0.3 is 0 Å². The van der Waals surface area contributed by atoms with Gasteiger partial charge < -0.3 is 9.47 Å². The molecule has 0 aliphatic carbocycles. The van der Waals surface area contributed by atoms with Gasteiger partial charge in [0.25, 0.3) is 0 Å². The molecular formula is C25H29FN2O3S. The smallest absolute Gasteiger partial charge is 0.211 e. The molecular weight excluding hydrogens is 427 g/mol. The molecule has 0 N–H and O–H groups in total. The normalized spacial score (nSPS) is 17.2. The Labute approximate surface area is 188 Å². The Kier molecular flexibility index (Phi) is 5.88. The van der Waals surface area contributed by atoms with Crippen molar-refractivity contribution in [3.8, 4) is 0 Å². The lowest BCUT2D eigenvalue weighted by Gasteiger charge is -2.33. The number of anilines is 1. The van der Waals surface area contributed by atoms with Gasteiger partial charge in [0, 0.05) is 25.8 Å². The minimum atomic E-state index is -4.06. The van der Waals surface area contributed by atoms with Crippen molar-refractivity contribution >= 4 is 26.4 Å². The molecule has 32 heavy (non-hydrogen) atoms. The lowest BCUT2D eigenvalue weighted by atomic mass is 9.99. The van der Waals surface area contributed by atoms with Crippen LogP contribution < -0.4 is 10.3 Å². The molecule has 1 atom stereocenters. The van der Waals surface area contributed by atoms with E-state index in [9.17, 15) is 13.2 Å². The molecule has 0 unspecified atom stereocenters. The molecule has 0 spiro atoms. The number of sulfone groups is 1. The number of nitrogens with zero attached hydrogens (tertiary/aromatic N) is 2. The minimum Gasteiger partial charge on any atom is -0.369 e. The monoisotopic (exact) mass is 456 g/mol. The summed E-state index contributed by atoms with van der Waals surface area (Å²) in [6.45, 7) is 9.64. The van der Waals surface area contributed by atoms with Crippen LogP contribution in [0.1, 0.15) is 37.8 Å². The predicted molar refractivity (Wildman–Crippen MR) is 126 cm³/mol. The number of piperidine rings is 1. The third-order valence-corrected chi connectivity index (χ3v) is 7.98. The Balaban J connectivity index is 1.93. The lowest BCUT2D eigenvalue weighted by molar-refractivity contribution is 0.442. The van der Waals surface area contributed by atoms with Crippen LogP contribution >= 0.6 is 0 Å². The number of benzene rings is 2. The summed E-state index contributed by atoms with van der Waals surface area (Å²) in [7, 11) is -4.06. The SMILES string of the molecule is CCn1cc(S(=O)(=O)c2cc(C)cc(C)c2)c(=O)c2cc(F)c(N3CCC[C@@H](C)C3)cc21. The topological polar surface area (TPSA) is 59.4 Å². The van der Waals surface area contributed by atoms with Crippen LogP contribution in [-0.4, -0.2) is 26.1 Å². The minimum absolute atomic E-state index is 0.0773. The highest BCUT2D eigenvalue weighted by molar-refractivity contribution is 7.91. The zero-order valence-corrected chi connectivity index (χ0v) is 19.8. The summed E-state index contributed by atoms with van der Waals surface area (Å²) in [5, 5.41) is 0.0867. The molecule has 7 heteroatoms. The molecule has 1 aromatic heterocycles. The highest BCUT2D eigenvalue weighted by Crippen LogP contribution is 2.30. The largest absolute Gasteiger partial charge is 0.369 e. The van der Waals surface area contributed by atoms with Gasteiger partial charge in [-0.2, -0.15) is 0 Å². The molecule has 4 rings (SSSR count). The second-order valence-corrected chi connectivity index (χ2v) is 10.9. The van der Waals surface area contributed by atoms with E-state index in [1.807, 2.05) is 31.7 Å². The number of aromatic nitrogens is 1. The first-order valence-electron chi connectivity index (χ1n) is 11.1. The van der Waals surface area contributed by atoms with E-state index in [1.54, 1.807) is 22.8 Å². The van der Waals surface area contributed by atoms with Gasteiger partial charge in [-0.05, 0) is 74.9 Å². The van der Waals surface area contributed by atoms with Gasteiger partial charge in [0.2, 0.25) is 15.3 Å². The molecule has 5 nitrogen and oxygen atoms in total. The first-order valence-corrected chi connectivity index (χ1v) is 12.5. The Bertz CT molecular complexity index is 1340. The van der Waals surface area contributed by atoms with Gasteiger partial charge in [0.15, 0.2) is 0 Å². The fraction of sp³-hybridized carbons (Fsp3) is 0.400. The number of pyridine rings is 1. The predicted octanol–water partition coefficient (Wildman–Crippen LogP) is 4.85. The van der Waals surface area contributed by atoms with E-state index >= 15 is 4.39 Å². The standard InChI is InChI=1S/C25H29FN2O3S/c1-5-27-15-24(32(30,31)19-10-17(3)9-18(4)11-19)25(29)20-12-21(26)23(13-22(20)27)28-8-6-7-16(2)14-28/h9-13,15-16H,5-8,14H2,1-4H3/t16-/m1/s1. The fourth-order valence-corrected chi connectivity index (χ4v) is 6.25. The summed E-state index contributed by atoms with van der Waals surface area (Å²) in [4.78, 5) is 15.1. The molecule has 170 valence electrons. The van der Waals surface area contributed by atoms with E-state index in [1.165, 1.54) is 12.3 Å². The van der Waals surface area contributed by atoms with Gasteiger partial charge in [-0.25, -0.2) is 12.8 Å². The van der Waals surface area contributed by atoms with Crippen molar-refractivity contribution in [3.63, 3.8) is 0 Å². The second kappa shape index (κ2) is 8.35. The van der Waals surface area contributed by atoms with Gasteiger partial charge in [-0.1, -0.05) is 13.0 Å². The van der Waals surface area contributed by atoms with Crippen molar-refractivity contribution in [2.24, 2.45) is 5.92 Å². The van der Waals surface area contributed by atoms with E-state index < -0.39 is 21.1 Å². The molecule has 0 amide bonds. The molecule has 0 bridgehead atoms. The van der Waals surface area contributed by atoms with Gasteiger partial charge in [0.1, 0.15) is 10.7 Å². The van der Waals surface area contributed by atoms with Crippen molar-refractivity contribution in [1.82, 2.24) is 4.57 Å². The molecule has 1 fully saturated rings. The summed E-state index contributed by atoms with van der Waals surface area (Å²) in [5.41, 5.74) is 1.95. The number of aryl methyl sites for hydroxylation is 3. The molecule has 1 saturated heterocycles. The average Bonchev–Trinajstić information content (AvgIpc) is 2.73. The highest BCUT2D eigenvalue weighted by Gasteiger charge is 2.26. The van der Waals surface area contributed by atoms with Crippen LogP contribution in [0.15, 0.2) is 51.1 Å². The molecule has 2 heterocycles. The molecule has 1 aliphatic rings. The van der Waals surface area contributed by atoms with E-state index in [2.05, 4.69) is 6.92 Å². The maximum Gasteiger partial charge on any atom is 0.211 e. The van der Waals surface area contributed by atoms with Crippen molar-refractivity contribution in [2.45, 2.75) is 56.9 Å². The first kappa shape index (κ1) is 22.5. The molecule has 2 aromatic carbocycles. The van der Waals surface area contributed by atoms with Crippen molar-refractivity contribution in [1.29, 1.82) is 0 Å². The van der Waals surface area contributed by atoms with Crippen molar-refractivity contribution < 1.29 is 12.8 Å². The summed E-state index contributed by atoms with van der Waals surface area (Å²) < 4.78 is 43.7.